The van der Waals surface area contributed by atoms with Crippen LogP contribution in [0.4, 0.5) is 0 Å². The average molecular weight is 332 g/mol. The van der Waals surface area contributed by atoms with Crippen LogP contribution in [0.25, 0.3) is 0 Å². The van der Waals surface area contributed by atoms with E-state index in [2.05, 4.69) is 0 Å². The maximum atomic E-state index is 12.7. The van der Waals surface area contributed by atoms with Crippen LogP contribution < -0.4 is 4.74 Å². The number of carbonyl (C=O) groups excluding carboxylic acids is 1. The second kappa shape index (κ2) is 7.18. The summed E-state index contributed by atoms with van der Waals surface area (Å²) in [6, 6.07) is 9.35. The van der Waals surface area contributed by atoms with Gasteiger partial charge in [0.2, 0.25) is 0 Å². The Hall–Kier alpha value is -2.80. The van der Waals surface area contributed by atoms with Gasteiger partial charge in [0.15, 0.2) is 0 Å². The number of benzene rings is 1. The lowest BCUT2D eigenvalue weighted by Crippen LogP contribution is -2.34. The number of carboxylic acid groups (broad SMARTS) is 1. The monoisotopic (exact) mass is 332 g/mol. The van der Waals surface area contributed by atoms with Gasteiger partial charge in [-0.05, 0) is 29.8 Å². The van der Waals surface area contributed by atoms with Gasteiger partial charge >= 0.3 is 5.97 Å². The quantitative estimate of drug-likeness (QED) is 0.837. The van der Waals surface area contributed by atoms with E-state index < -0.39 is 12.0 Å². The summed E-state index contributed by atoms with van der Waals surface area (Å²) in [6.07, 6.45) is 0. The van der Waals surface area contributed by atoms with Gasteiger partial charge in [0.25, 0.3) is 5.91 Å². The molecule has 7 heteroatoms. The first-order valence-corrected chi connectivity index (χ1v) is 7.31. The first kappa shape index (κ1) is 17.6. The number of amides is 1. The van der Waals surface area contributed by atoms with Gasteiger partial charge in [-0.2, -0.15) is 0 Å². The van der Waals surface area contributed by atoms with E-state index in [1.165, 1.54) is 28.6 Å². The lowest BCUT2D eigenvalue weighted by atomic mass is 10.1. The number of hydrogen-bond donors (Lipinski definition) is 2. The van der Waals surface area contributed by atoms with Gasteiger partial charge < -0.3 is 24.4 Å². The zero-order valence-electron chi connectivity index (χ0n) is 13.8. The van der Waals surface area contributed by atoms with E-state index in [1.54, 1.807) is 38.4 Å². The van der Waals surface area contributed by atoms with E-state index in [-0.39, 0.29) is 23.9 Å². The molecule has 1 unspecified atom stereocenters. The molecule has 0 aliphatic carbocycles. The predicted molar refractivity (Wildman–Crippen MR) is 87.3 cm³/mol. The Labute approximate surface area is 139 Å². The molecular formula is C17H20N2O5. The van der Waals surface area contributed by atoms with Crippen LogP contribution in [-0.2, 0) is 7.05 Å². The van der Waals surface area contributed by atoms with E-state index in [0.717, 1.165) is 5.56 Å². The predicted octanol–water partition coefficient (Wildman–Crippen LogP) is 1.54. The second-order valence-electron chi connectivity index (χ2n) is 5.36. The maximum Gasteiger partial charge on any atom is 0.352 e. The van der Waals surface area contributed by atoms with Crippen molar-refractivity contribution in [1.82, 2.24) is 9.47 Å². The van der Waals surface area contributed by atoms with Crippen LogP contribution in [-0.4, -0.2) is 52.3 Å². The summed E-state index contributed by atoms with van der Waals surface area (Å²) in [5.41, 5.74) is 1.01. The molecule has 0 spiro atoms. The number of carboxylic acids is 1. The first-order valence-electron chi connectivity index (χ1n) is 7.31. The number of methoxy groups -OCH3 is 1. The largest absolute Gasteiger partial charge is 0.497 e. The summed E-state index contributed by atoms with van der Waals surface area (Å²) in [7, 11) is 4.65. The van der Waals surface area contributed by atoms with Crippen molar-refractivity contribution in [2.24, 2.45) is 7.05 Å². The molecule has 7 nitrogen and oxygen atoms in total. The van der Waals surface area contributed by atoms with Gasteiger partial charge in [-0.15, -0.1) is 0 Å². The Morgan fingerprint density at radius 1 is 1.17 bits per heavy atom. The number of aromatic carboxylic acids is 1. The Morgan fingerprint density at radius 2 is 1.75 bits per heavy atom. The molecule has 0 radical (unpaired) electrons. The number of hydrogen-bond acceptors (Lipinski definition) is 4. The number of aliphatic hydroxyl groups excluding tert-OH is 1. The van der Waals surface area contributed by atoms with Crippen molar-refractivity contribution in [3.63, 3.8) is 0 Å². The molecule has 1 atom stereocenters. The maximum absolute atomic E-state index is 12.7. The summed E-state index contributed by atoms with van der Waals surface area (Å²) in [5, 5.41) is 18.8. The fourth-order valence-electron chi connectivity index (χ4n) is 2.54. The number of rotatable bonds is 6. The van der Waals surface area contributed by atoms with Crippen LogP contribution in [0, 0.1) is 0 Å². The molecule has 0 fully saturated rings. The van der Waals surface area contributed by atoms with Gasteiger partial charge in [-0.3, -0.25) is 4.79 Å². The number of aromatic nitrogens is 1. The number of carbonyl (C=O) groups is 2. The van der Waals surface area contributed by atoms with E-state index in [1.807, 2.05) is 0 Å². The molecule has 0 bridgehead atoms. The van der Waals surface area contributed by atoms with E-state index in [4.69, 9.17) is 9.84 Å². The fraction of sp³-hybridized carbons (Fsp3) is 0.294. The lowest BCUT2D eigenvalue weighted by molar-refractivity contribution is 0.0647. The highest BCUT2D eigenvalue weighted by Gasteiger charge is 2.25. The van der Waals surface area contributed by atoms with E-state index in [9.17, 15) is 14.7 Å². The Bertz CT molecular complexity index is 736. The summed E-state index contributed by atoms with van der Waals surface area (Å²) < 4.78 is 6.42. The first-order chi connectivity index (χ1) is 11.4. The molecule has 0 saturated heterocycles. The lowest BCUT2D eigenvalue weighted by Gasteiger charge is -2.27. The third kappa shape index (κ3) is 3.26. The standard InChI is InChI=1S/C17H20N2O5/c1-18-13(8-9-14(18)17(22)23)16(21)19(2)15(10-20)11-4-6-12(24-3)7-5-11/h4-9,15,20H,10H2,1-3H3,(H,22,23). The van der Waals surface area contributed by atoms with Crippen molar-refractivity contribution in [2.45, 2.75) is 6.04 Å². The molecule has 1 amide bonds. The van der Waals surface area contributed by atoms with Gasteiger partial charge in [-0.1, -0.05) is 12.1 Å². The average Bonchev–Trinajstić information content (AvgIpc) is 2.97. The minimum absolute atomic E-state index is 0.0248. The molecule has 24 heavy (non-hydrogen) atoms. The van der Waals surface area contributed by atoms with Crippen LogP contribution >= 0.6 is 0 Å². The van der Waals surface area contributed by atoms with Crippen LogP contribution in [0.3, 0.4) is 0 Å². The molecule has 0 saturated carbocycles. The molecule has 2 N–H and O–H groups in total. The fourth-order valence-corrected chi connectivity index (χ4v) is 2.54. The third-order valence-electron chi connectivity index (χ3n) is 4.02. The highest BCUT2D eigenvalue weighted by Crippen LogP contribution is 2.23. The Kier molecular flexibility index (Phi) is 5.25. The van der Waals surface area contributed by atoms with Crippen LogP contribution in [0.5, 0.6) is 5.75 Å². The minimum atomic E-state index is -1.10. The number of likely N-dealkylation sites (N-methyl/N-ethyl adjacent to an activating group) is 1. The summed E-state index contributed by atoms with van der Waals surface area (Å²) >= 11 is 0. The molecule has 2 aromatic rings. The zero-order chi connectivity index (χ0) is 17.9. The van der Waals surface area contributed by atoms with Crippen molar-refractivity contribution < 1.29 is 24.5 Å². The smallest absolute Gasteiger partial charge is 0.352 e. The number of nitrogens with zero attached hydrogens (tertiary/aromatic N) is 2. The molecule has 1 aromatic carbocycles. The number of aliphatic hydroxyl groups is 1. The minimum Gasteiger partial charge on any atom is -0.497 e. The third-order valence-corrected chi connectivity index (χ3v) is 4.02. The van der Waals surface area contributed by atoms with Gasteiger partial charge in [0, 0.05) is 14.1 Å². The second-order valence-corrected chi connectivity index (χ2v) is 5.36. The molecule has 0 aliphatic heterocycles. The topological polar surface area (TPSA) is 92.0 Å². The van der Waals surface area contributed by atoms with E-state index in [0.29, 0.717) is 5.75 Å². The molecule has 0 aliphatic rings. The van der Waals surface area contributed by atoms with Crippen molar-refractivity contribution in [1.29, 1.82) is 0 Å². The van der Waals surface area contributed by atoms with Gasteiger partial charge in [0.05, 0.1) is 19.8 Å². The van der Waals surface area contributed by atoms with Crippen LogP contribution in [0.2, 0.25) is 0 Å². The van der Waals surface area contributed by atoms with Crippen molar-refractivity contribution in [3.8, 4) is 5.75 Å². The normalized spacial score (nSPS) is 11.8. The highest BCUT2D eigenvalue weighted by molar-refractivity contribution is 5.95. The summed E-state index contributed by atoms with van der Waals surface area (Å²) in [4.78, 5) is 25.2. The molecular weight excluding hydrogens is 312 g/mol. The van der Waals surface area contributed by atoms with Crippen LogP contribution in [0.15, 0.2) is 36.4 Å². The Balaban J connectivity index is 2.28. The molecule has 1 aromatic heterocycles. The molecule has 2 rings (SSSR count). The highest BCUT2D eigenvalue weighted by atomic mass is 16.5. The van der Waals surface area contributed by atoms with Crippen molar-refractivity contribution >= 4 is 11.9 Å². The summed E-state index contributed by atoms with van der Waals surface area (Å²) in [5.74, 6) is -0.800. The van der Waals surface area contributed by atoms with Gasteiger partial charge in [0.1, 0.15) is 17.1 Å². The van der Waals surface area contributed by atoms with Gasteiger partial charge in [-0.25, -0.2) is 4.79 Å². The number of ether oxygens (including phenoxy) is 1. The summed E-state index contributed by atoms with van der Waals surface area (Å²) in [6.45, 7) is -0.259. The molecule has 128 valence electrons. The molecule has 1 heterocycles. The van der Waals surface area contributed by atoms with Crippen molar-refractivity contribution in [3.05, 3.63) is 53.3 Å². The van der Waals surface area contributed by atoms with Crippen LogP contribution in [0.1, 0.15) is 32.6 Å². The Morgan fingerprint density at radius 3 is 2.21 bits per heavy atom. The zero-order valence-corrected chi connectivity index (χ0v) is 13.8. The SMILES string of the molecule is COc1ccc(C(CO)N(C)C(=O)c2ccc(C(=O)O)n2C)cc1. The van der Waals surface area contributed by atoms with Crippen molar-refractivity contribution in [2.75, 3.05) is 20.8 Å². The van der Waals surface area contributed by atoms with E-state index >= 15 is 0 Å².